The molecule has 8 nitrogen and oxygen atoms in total. The molecule has 0 aliphatic carbocycles. The zero-order valence-corrected chi connectivity index (χ0v) is 14.7. The lowest BCUT2D eigenvalue weighted by Crippen LogP contribution is -2.39. The van der Waals surface area contributed by atoms with Crippen LogP contribution in [0.2, 0.25) is 0 Å². The summed E-state index contributed by atoms with van der Waals surface area (Å²) < 4.78 is 7.39. The Labute approximate surface area is 143 Å². The molecule has 4 rings (SSSR count). The van der Waals surface area contributed by atoms with Crippen LogP contribution in [-0.4, -0.2) is 49.9 Å². The van der Waals surface area contributed by atoms with E-state index in [2.05, 4.69) is 51.7 Å². The van der Waals surface area contributed by atoms with E-state index in [0.29, 0.717) is 12.3 Å². The van der Waals surface area contributed by atoms with Gasteiger partial charge < -0.3 is 9.64 Å². The predicted molar refractivity (Wildman–Crippen MR) is 90.3 cm³/mol. The first-order chi connectivity index (χ1) is 11.5. The first-order valence-electron chi connectivity index (χ1n) is 7.88. The summed E-state index contributed by atoms with van der Waals surface area (Å²) in [5, 5.41) is 19.0. The summed E-state index contributed by atoms with van der Waals surface area (Å²) in [5.41, 5.74) is 1.80. The normalized spacial score (nSPS) is 19.1. The molecular formula is C15H19N7OS. The maximum atomic E-state index is 5.95. The van der Waals surface area contributed by atoms with Gasteiger partial charge in [-0.2, -0.15) is 0 Å². The monoisotopic (exact) mass is 345 g/mol. The Hall–Kier alpha value is -2.13. The Balaban J connectivity index is 1.56. The lowest BCUT2D eigenvalue weighted by Gasteiger charge is -2.32. The molecule has 0 aromatic carbocycles. The number of hydrogen-bond acceptors (Lipinski definition) is 8. The lowest BCUT2D eigenvalue weighted by atomic mass is 9.93. The van der Waals surface area contributed by atoms with Crippen LogP contribution in [0.3, 0.4) is 0 Å². The minimum Gasteiger partial charge on any atom is -0.367 e. The molecule has 0 unspecified atom stereocenters. The number of nitrogens with zero attached hydrogens (tertiary/aromatic N) is 7. The van der Waals surface area contributed by atoms with E-state index in [1.165, 1.54) is 4.63 Å². The third-order valence-electron chi connectivity index (χ3n) is 4.01. The summed E-state index contributed by atoms with van der Waals surface area (Å²) >= 11 is 1.66. The van der Waals surface area contributed by atoms with Crippen LogP contribution < -0.4 is 4.90 Å². The Kier molecular flexibility index (Phi) is 3.69. The van der Waals surface area contributed by atoms with Crippen molar-refractivity contribution >= 4 is 22.8 Å². The average Bonchev–Trinajstić information content (AvgIpc) is 3.23. The molecule has 0 bridgehead atoms. The van der Waals surface area contributed by atoms with E-state index >= 15 is 0 Å². The third kappa shape index (κ3) is 2.84. The predicted octanol–water partition coefficient (Wildman–Crippen LogP) is 1.85. The molecule has 1 atom stereocenters. The molecule has 1 aliphatic rings. The van der Waals surface area contributed by atoms with Crippen molar-refractivity contribution in [2.24, 2.45) is 0 Å². The number of morpholine rings is 1. The van der Waals surface area contributed by atoms with Crippen molar-refractivity contribution in [2.45, 2.75) is 32.3 Å². The highest BCUT2D eigenvalue weighted by atomic mass is 32.1. The van der Waals surface area contributed by atoms with Gasteiger partial charge >= 0.3 is 0 Å². The molecule has 0 amide bonds. The quantitative estimate of drug-likeness (QED) is 0.701. The standard InChI is InChI=1S/C15H19N7OS/c1-15(2,3)11-9-24-14(16-11)10-8-21(6-7-23-10)13-5-4-12-17-19-20-22(12)18-13/h4-5,9-10H,6-8H2,1-3H3/t10-/m0/s1. The van der Waals surface area contributed by atoms with E-state index in [0.717, 1.165) is 29.6 Å². The molecule has 3 aromatic heterocycles. The number of rotatable bonds is 2. The van der Waals surface area contributed by atoms with Gasteiger partial charge in [0.25, 0.3) is 0 Å². The molecule has 3 aromatic rings. The van der Waals surface area contributed by atoms with Crippen molar-refractivity contribution in [3.05, 3.63) is 28.2 Å². The number of aromatic nitrogens is 6. The van der Waals surface area contributed by atoms with Crippen LogP contribution in [0.1, 0.15) is 37.6 Å². The van der Waals surface area contributed by atoms with Crippen LogP contribution in [-0.2, 0) is 10.2 Å². The lowest BCUT2D eigenvalue weighted by molar-refractivity contribution is 0.0391. The van der Waals surface area contributed by atoms with Crippen molar-refractivity contribution in [3.8, 4) is 0 Å². The Bertz CT molecular complexity index is 853. The molecule has 24 heavy (non-hydrogen) atoms. The van der Waals surface area contributed by atoms with Crippen molar-refractivity contribution in [1.82, 2.24) is 30.2 Å². The average molecular weight is 345 g/mol. The van der Waals surface area contributed by atoms with E-state index in [-0.39, 0.29) is 11.5 Å². The topological polar surface area (TPSA) is 81.3 Å². The minimum atomic E-state index is -0.0359. The second-order valence-electron chi connectivity index (χ2n) is 6.84. The van der Waals surface area contributed by atoms with Crippen LogP contribution in [0.4, 0.5) is 5.82 Å². The number of hydrogen-bond donors (Lipinski definition) is 0. The van der Waals surface area contributed by atoms with Crippen LogP contribution in [0.15, 0.2) is 17.5 Å². The summed E-state index contributed by atoms with van der Waals surface area (Å²) in [4.78, 5) is 6.97. The third-order valence-corrected chi connectivity index (χ3v) is 4.95. The van der Waals surface area contributed by atoms with Crippen molar-refractivity contribution in [2.75, 3.05) is 24.6 Å². The molecule has 1 saturated heterocycles. The molecule has 1 aliphatic heterocycles. The van der Waals surface area contributed by atoms with Gasteiger partial charge in [0.05, 0.1) is 18.8 Å². The fourth-order valence-corrected chi connectivity index (χ4v) is 3.68. The van der Waals surface area contributed by atoms with Crippen LogP contribution in [0.25, 0.3) is 5.65 Å². The molecule has 0 N–H and O–H groups in total. The maximum absolute atomic E-state index is 5.95. The summed E-state index contributed by atoms with van der Waals surface area (Å²) in [6.07, 6.45) is -0.0359. The van der Waals surface area contributed by atoms with Crippen LogP contribution in [0, 0.1) is 0 Å². The molecular weight excluding hydrogens is 326 g/mol. The van der Waals surface area contributed by atoms with Crippen LogP contribution in [0.5, 0.6) is 0 Å². The molecule has 0 saturated carbocycles. The number of ether oxygens (including phenoxy) is 1. The van der Waals surface area contributed by atoms with Gasteiger partial charge in [0, 0.05) is 17.3 Å². The van der Waals surface area contributed by atoms with E-state index in [4.69, 9.17) is 9.72 Å². The Morgan fingerprint density at radius 2 is 2.17 bits per heavy atom. The maximum Gasteiger partial charge on any atom is 0.200 e. The second-order valence-corrected chi connectivity index (χ2v) is 7.73. The van der Waals surface area contributed by atoms with E-state index in [9.17, 15) is 0 Å². The largest absolute Gasteiger partial charge is 0.367 e. The summed E-state index contributed by atoms with van der Waals surface area (Å²) in [7, 11) is 0. The Morgan fingerprint density at radius 1 is 1.29 bits per heavy atom. The highest BCUT2D eigenvalue weighted by molar-refractivity contribution is 7.09. The number of fused-ring (bicyclic) bond motifs is 1. The first-order valence-corrected chi connectivity index (χ1v) is 8.76. The van der Waals surface area contributed by atoms with E-state index in [1.807, 2.05) is 12.1 Å². The van der Waals surface area contributed by atoms with Crippen molar-refractivity contribution in [3.63, 3.8) is 0 Å². The van der Waals surface area contributed by atoms with Gasteiger partial charge in [-0.1, -0.05) is 20.8 Å². The Morgan fingerprint density at radius 3 is 2.96 bits per heavy atom. The summed E-state index contributed by atoms with van der Waals surface area (Å²) in [6, 6.07) is 3.81. The summed E-state index contributed by atoms with van der Waals surface area (Å²) in [6.45, 7) is 8.66. The van der Waals surface area contributed by atoms with E-state index < -0.39 is 0 Å². The molecule has 0 spiro atoms. The SMILES string of the molecule is CC(C)(C)c1csc([C@@H]2CN(c3ccc4nnnn4n3)CCO2)n1. The molecule has 9 heteroatoms. The fraction of sp³-hybridized carbons (Fsp3) is 0.533. The van der Waals surface area contributed by atoms with E-state index in [1.54, 1.807) is 11.3 Å². The van der Waals surface area contributed by atoms with Gasteiger partial charge in [-0.25, -0.2) is 4.98 Å². The molecule has 126 valence electrons. The zero-order chi connectivity index (χ0) is 16.7. The van der Waals surface area contributed by atoms with Gasteiger partial charge in [0.2, 0.25) is 0 Å². The molecule has 1 fully saturated rings. The number of tetrazole rings is 1. The highest BCUT2D eigenvalue weighted by Gasteiger charge is 2.27. The van der Waals surface area contributed by atoms with Gasteiger partial charge in [-0.3, -0.25) is 0 Å². The van der Waals surface area contributed by atoms with Gasteiger partial charge in [0.1, 0.15) is 11.1 Å². The van der Waals surface area contributed by atoms with Crippen LogP contribution >= 0.6 is 11.3 Å². The van der Waals surface area contributed by atoms with Gasteiger partial charge in [-0.15, -0.1) is 26.2 Å². The van der Waals surface area contributed by atoms with Gasteiger partial charge in [0.15, 0.2) is 11.5 Å². The molecule has 0 radical (unpaired) electrons. The zero-order valence-electron chi connectivity index (χ0n) is 13.9. The van der Waals surface area contributed by atoms with Crippen molar-refractivity contribution in [1.29, 1.82) is 0 Å². The van der Waals surface area contributed by atoms with Crippen molar-refractivity contribution < 1.29 is 4.74 Å². The number of thiazole rings is 1. The van der Waals surface area contributed by atoms with Gasteiger partial charge in [-0.05, 0) is 22.6 Å². The number of anilines is 1. The smallest absolute Gasteiger partial charge is 0.200 e. The minimum absolute atomic E-state index is 0.0359. The fourth-order valence-electron chi connectivity index (χ4n) is 2.60. The molecule has 4 heterocycles. The first kappa shape index (κ1) is 15.4. The second kappa shape index (κ2) is 5.75. The summed E-state index contributed by atoms with van der Waals surface area (Å²) in [5.74, 6) is 0.843. The highest BCUT2D eigenvalue weighted by Crippen LogP contribution is 2.31.